The van der Waals surface area contributed by atoms with Crippen LogP contribution < -0.4 is 0 Å². The SMILES string of the molecule is O=C(C=Cc1cc(F)cc(F)c1)N1CCC(O)(C(O)CN2CCC(c3ccc(Cl)cc3)CC2)CC1. The first-order valence-electron chi connectivity index (χ1n) is 12.0. The van der Waals surface area contributed by atoms with Crippen LogP contribution in [0.15, 0.2) is 48.5 Å². The monoisotopic (exact) mass is 504 g/mol. The Morgan fingerprint density at radius 3 is 2.26 bits per heavy atom. The number of hydrogen-bond acceptors (Lipinski definition) is 4. The van der Waals surface area contributed by atoms with Crippen LogP contribution in [0, 0.1) is 11.6 Å². The summed E-state index contributed by atoms with van der Waals surface area (Å²) in [6.07, 6.45) is 4.25. The van der Waals surface area contributed by atoms with Crippen LogP contribution in [0.5, 0.6) is 0 Å². The van der Waals surface area contributed by atoms with E-state index in [-0.39, 0.29) is 24.3 Å². The molecule has 2 fully saturated rings. The van der Waals surface area contributed by atoms with Crippen molar-refractivity contribution < 1.29 is 23.8 Å². The average molecular weight is 505 g/mol. The molecule has 2 heterocycles. The normalized spacial score (nSPS) is 20.3. The summed E-state index contributed by atoms with van der Waals surface area (Å²) in [4.78, 5) is 16.3. The molecule has 2 aromatic rings. The van der Waals surface area contributed by atoms with Crippen LogP contribution in [0.25, 0.3) is 6.08 Å². The zero-order valence-corrected chi connectivity index (χ0v) is 20.3. The van der Waals surface area contributed by atoms with Gasteiger partial charge in [-0.05, 0) is 86.2 Å². The van der Waals surface area contributed by atoms with Gasteiger partial charge in [0.15, 0.2) is 0 Å². The van der Waals surface area contributed by atoms with Gasteiger partial charge < -0.3 is 20.0 Å². The molecule has 2 aromatic carbocycles. The summed E-state index contributed by atoms with van der Waals surface area (Å²) < 4.78 is 26.6. The van der Waals surface area contributed by atoms with Crippen LogP contribution in [-0.4, -0.2) is 70.3 Å². The standard InChI is InChI=1S/C27H31ClF2N2O3/c28-22-4-2-20(3-5-22)21-7-11-31(12-8-21)18-25(33)27(35)9-13-32(14-10-27)26(34)6-1-19-15-23(29)17-24(30)16-19/h1-6,15-17,21,25,33,35H,7-14,18H2. The molecule has 2 aliphatic rings. The Kier molecular flexibility index (Phi) is 8.22. The zero-order chi connectivity index (χ0) is 25.0. The minimum Gasteiger partial charge on any atom is -0.389 e. The molecule has 35 heavy (non-hydrogen) atoms. The second kappa shape index (κ2) is 11.2. The Labute approximate surface area is 209 Å². The van der Waals surface area contributed by atoms with Crippen LogP contribution in [0.1, 0.15) is 42.7 Å². The average Bonchev–Trinajstić information content (AvgIpc) is 2.83. The lowest BCUT2D eigenvalue weighted by molar-refractivity contribution is -0.140. The van der Waals surface area contributed by atoms with Crippen LogP contribution >= 0.6 is 11.6 Å². The van der Waals surface area contributed by atoms with Crippen molar-refractivity contribution in [1.82, 2.24) is 9.80 Å². The van der Waals surface area contributed by atoms with E-state index in [9.17, 15) is 23.8 Å². The topological polar surface area (TPSA) is 64.0 Å². The Morgan fingerprint density at radius 1 is 1.06 bits per heavy atom. The van der Waals surface area contributed by atoms with Gasteiger partial charge in [0, 0.05) is 36.8 Å². The maximum absolute atomic E-state index is 13.3. The lowest BCUT2D eigenvalue weighted by Gasteiger charge is -2.43. The molecule has 2 aliphatic heterocycles. The van der Waals surface area contributed by atoms with Crippen molar-refractivity contribution in [1.29, 1.82) is 0 Å². The first-order valence-corrected chi connectivity index (χ1v) is 12.4. The highest BCUT2D eigenvalue weighted by atomic mass is 35.5. The summed E-state index contributed by atoms with van der Waals surface area (Å²) >= 11 is 5.99. The lowest BCUT2D eigenvalue weighted by atomic mass is 9.84. The number of aliphatic hydroxyl groups is 2. The molecule has 1 atom stereocenters. The minimum absolute atomic E-state index is 0.264. The molecule has 188 valence electrons. The second-order valence-electron chi connectivity index (χ2n) is 9.61. The van der Waals surface area contributed by atoms with Crippen molar-refractivity contribution in [2.24, 2.45) is 0 Å². The van der Waals surface area contributed by atoms with Crippen LogP contribution in [0.2, 0.25) is 5.02 Å². The Bertz CT molecular complexity index is 1030. The summed E-state index contributed by atoms with van der Waals surface area (Å²) in [6, 6.07) is 11.0. The fourth-order valence-corrected chi connectivity index (χ4v) is 5.12. The van der Waals surface area contributed by atoms with Crippen molar-refractivity contribution in [2.75, 3.05) is 32.7 Å². The second-order valence-corrected chi connectivity index (χ2v) is 10.0. The number of β-amino-alcohol motifs (C(OH)–C–C–N with tert-alkyl or cyclic N) is 1. The fraction of sp³-hybridized carbons (Fsp3) is 0.444. The van der Waals surface area contributed by atoms with E-state index in [1.54, 1.807) is 4.90 Å². The Balaban J connectivity index is 1.24. The molecule has 1 unspecified atom stereocenters. The van der Waals surface area contributed by atoms with Gasteiger partial charge in [-0.3, -0.25) is 4.79 Å². The van der Waals surface area contributed by atoms with E-state index in [1.165, 1.54) is 17.7 Å². The fourth-order valence-electron chi connectivity index (χ4n) is 4.99. The first-order chi connectivity index (χ1) is 16.7. The number of hydrogen-bond donors (Lipinski definition) is 2. The molecule has 1 amide bonds. The van der Waals surface area contributed by atoms with E-state index in [0.29, 0.717) is 25.6 Å². The summed E-state index contributed by atoms with van der Waals surface area (Å²) in [5.74, 6) is -1.24. The van der Waals surface area contributed by atoms with Crippen LogP contribution in [0.3, 0.4) is 0 Å². The van der Waals surface area contributed by atoms with E-state index in [4.69, 9.17) is 11.6 Å². The summed E-state index contributed by atoms with van der Waals surface area (Å²) in [7, 11) is 0. The third kappa shape index (κ3) is 6.67. The molecule has 8 heteroatoms. The molecular weight excluding hydrogens is 474 g/mol. The predicted octanol–water partition coefficient (Wildman–Crippen LogP) is 4.23. The molecular formula is C27H31ClF2N2O3. The van der Waals surface area contributed by atoms with Crippen molar-refractivity contribution in [3.05, 3.63) is 76.3 Å². The minimum atomic E-state index is -1.25. The molecule has 4 rings (SSSR count). The predicted molar refractivity (Wildman–Crippen MR) is 132 cm³/mol. The maximum Gasteiger partial charge on any atom is 0.246 e. The van der Waals surface area contributed by atoms with Gasteiger partial charge in [0.1, 0.15) is 11.6 Å². The number of benzene rings is 2. The molecule has 2 N–H and O–H groups in total. The zero-order valence-electron chi connectivity index (χ0n) is 19.5. The van der Waals surface area contributed by atoms with E-state index in [0.717, 1.165) is 49.2 Å². The van der Waals surface area contributed by atoms with Crippen LogP contribution in [0.4, 0.5) is 8.78 Å². The number of halogens is 3. The van der Waals surface area contributed by atoms with Crippen molar-refractivity contribution in [2.45, 2.75) is 43.3 Å². The highest BCUT2D eigenvalue weighted by Crippen LogP contribution is 2.31. The number of carbonyl (C=O) groups excluding carboxylic acids is 1. The smallest absolute Gasteiger partial charge is 0.246 e. The van der Waals surface area contributed by atoms with Crippen molar-refractivity contribution in [3.63, 3.8) is 0 Å². The number of nitrogens with zero attached hydrogens (tertiary/aromatic N) is 2. The van der Waals surface area contributed by atoms with Gasteiger partial charge >= 0.3 is 0 Å². The summed E-state index contributed by atoms with van der Waals surface area (Å²) in [5, 5.41) is 22.6. The number of rotatable bonds is 6. The van der Waals surface area contributed by atoms with Gasteiger partial charge in [-0.25, -0.2) is 8.78 Å². The quantitative estimate of drug-likeness (QED) is 0.578. The van der Waals surface area contributed by atoms with Crippen molar-refractivity contribution >= 4 is 23.6 Å². The maximum atomic E-state index is 13.3. The summed E-state index contributed by atoms with van der Waals surface area (Å²) in [6.45, 7) is 2.68. The van der Waals surface area contributed by atoms with E-state index >= 15 is 0 Å². The molecule has 2 saturated heterocycles. The van der Waals surface area contributed by atoms with Crippen LogP contribution in [-0.2, 0) is 4.79 Å². The number of aliphatic hydroxyl groups excluding tert-OH is 1. The molecule has 0 saturated carbocycles. The highest BCUT2D eigenvalue weighted by Gasteiger charge is 2.40. The van der Waals surface area contributed by atoms with Gasteiger partial charge in [0.2, 0.25) is 5.91 Å². The molecule has 0 spiro atoms. The number of amides is 1. The largest absolute Gasteiger partial charge is 0.389 e. The third-order valence-electron chi connectivity index (χ3n) is 7.22. The van der Waals surface area contributed by atoms with Gasteiger partial charge in [0.05, 0.1) is 11.7 Å². The molecule has 0 bridgehead atoms. The Morgan fingerprint density at radius 2 is 1.66 bits per heavy atom. The Hall–Kier alpha value is -2.32. The first kappa shape index (κ1) is 25.8. The van der Waals surface area contributed by atoms with Crippen molar-refractivity contribution in [3.8, 4) is 0 Å². The number of likely N-dealkylation sites (tertiary alicyclic amines) is 2. The summed E-state index contributed by atoms with van der Waals surface area (Å²) in [5.41, 5.74) is 0.292. The number of carbonyl (C=O) groups is 1. The molecule has 0 aliphatic carbocycles. The number of piperidine rings is 2. The van der Waals surface area contributed by atoms with Gasteiger partial charge in [-0.1, -0.05) is 23.7 Å². The molecule has 5 nitrogen and oxygen atoms in total. The van der Waals surface area contributed by atoms with E-state index in [1.807, 2.05) is 12.1 Å². The van der Waals surface area contributed by atoms with E-state index < -0.39 is 23.3 Å². The van der Waals surface area contributed by atoms with Gasteiger partial charge in [0.25, 0.3) is 0 Å². The third-order valence-corrected chi connectivity index (χ3v) is 7.48. The molecule has 0 aromatic heterocycles. The molecule has 0 radical (unpaired) electrons. The lowest BCUT2D eigenvalue weighted by Crippen LogP contribution is -2.56. The van der Waals surface area contributed by atoms with Gasteiger partial charge in [-0.15, -0.1) is 0 Å². The van der Waals surface area contributed by atoms with Gasteiger partial charge in [-0.2, -0.15) is 0 Å². The van der Waals surface area contributed by atoms with E-state index in [2.05, 4.69) is 17.0 Å². The highest BCUT2D eigenvalue weighted by molar-refractivity contribution is 6.30.